The summed E-state index contributed by atoms with van der Waals surface area (Å²) in [5.41, 5.74) is 3.86. The fraction of sp³-hybridized carbons (Fsp3) is 0.367. The van der Waals surface area contributed by atoms with Crippen molar-refractivity contribution in [3.05, 3.63) is 60.2 Å². The Hall–Kier alpha value is -3.89. The van der Waals surface area contributed by atoms with Crippen molar-refractivity contribution >= 4 is 17.4 Å². The molecule has 1 aromatic heterocycles. The normalized spacial score (nSPS) is 13.6. The van der Waals surface area contributed by atoms with E-state index in [0.29, 0.717) is 53.4 Å². The molecule has 1 fully saturated rings. The highest BCUT2D eigenvalue weighted by Gasteiger charge is 2.20. The first kappa shape index (κ1) is 26.2. The zero-order valence-corrected chi connectivity index (χ0v) is 21.7. The fourth-order valence-electron chi connectivity index (χ4n) is 4.88. The van der Waals surface area contributed by atoms with E-state index in [9.17, 15) is 15.2 Å². The molecule has 7 nitrogen and oxygen atoms in total. The Bertz CT molecular complexity index is 1270. The maximum Gasteiger partial charge on any atom is 0.225 e. The number of rotatable bonds is 9. The van der Waals surface area contributed by atoms with E-state index in [4.69, 9.17) is 4.98 Å². The van der Waals surface area contributed by atoms with E-state index in [2.05, 4.69) is 16.3 Å². The number of nitrogens with one attached hydrogen (secondary N) is 1. The van der Waals surface area contributed by atoms with Crippen LogP contribution in [-0.4, -0.2) is 53.6 Å². The highest BCUT2D eigenvalue weighted by Crippen LogP contribution is 2.37. The van der Waals surface area contributed by atoms with Gasteiger partial charge in [-0.15, -0.1) is 0 Å². The van der Waals surface area contributed by atoms with E-state index in [1.165, 1.54) is 19.3 Å². The zero-order valence-electron chi connectivity index (χ0n) is 21.7. The number of phenols is 1. The van der Waals surface area contributed by atoms with Gasteiger partial charge in [0.2, 0.25) is 5.91 Å². The maximum atomic E-state index is 12.7. The summed E-state index contributed by atoms with van der Waals surface area (Å²) in [5.74, 6) is 0.696. The molecular weight excluding hydrogens is 462 g/mol. The highest BCUT2D eigenvalue weighted by molar-refractivity contribution is 5.92. The first-order chi connectivity index (χ1) is 18.0. The van der Waals surface area contributed by atoms with Gasteiger partial charge in [0.1, 0.15) is 23.2 Å². The topological polar surface area (TPSA) is 92.5 Å². The van der Waals surface area contributed by atoms with E-state index in [1.54, 1.807) is 12.1 Å². The molecule has 3 aromatic rings. The molecular formula is C30H35N5O2. The van der Waals surface area contributed by atoms with Crippen molar-refractivity contribution in [2.24, 2.45) is 0 Å². The standard InChI is InChI=1S/C30H35N5O2/c1-3-35(4-2)30-26(21-31)25(20-27(33-30)24-13-6-7-14-28(24)36)22-11-10-12-23(19-22)32-29(37)15-18-34-16-8-5-9-17-34/h6-7,10-14,19-20,36H,3-5,8-9,15-18H2,1-2H3,(H,32,37). The number of benzene rings is 2. The van der Waals surface area contributed by atoms with Gasteiger partial charge in [-0.3, -0.25) is 4.79 Å². The Kier molecular flexibility index (Phi) is 8.76. The summed E-state index contributed by atoms with van der Waals surface area (Å²) in [5, 5.41) is 23.7. The summed E-state index contributed by atoms with van der Waals surface area (Å²) in [6.07, 6.45) is 4.13. The van der Waals surface area contributed by atoms with E-state index in [-0.39, 0.29) is 11.7 Å². The third-order valence-corrected chi connectivity index (χ3v) is 6.92. The lowest BCUT2D eigenvalue weighted by Gasteiger charge is -2.26. The van der Waals surface area contributed by atoms with Crippen LogP contribution >= 0.6 is 0 Å². The minimum atomic E-state index is -0.0170. The summed E-state index contributed by atoms with van der Waals surface area (Å²) in [6, 6.07) is 18.9. The van der Waals surface area contributed by atoms with Gasteiger partial charge in [0.05, 0.1) is 5.69 Å². The number of para-hydroxylation sites is 1. The minimum Gasteiger partial charge on any atom is -0.507 e. The second-order valence-electron chi connectivity index (χ2n) is 9.34. The Morgan fingerprint density at radius 3 is 2.51 bits per heavy atom. The second kappa shape index (κ2) is 12.4. The van der Waals surface area contributed by atoms with Crippen molar-refractivity contribution in [3.8, 4) is 34.2 Å². The molecule has 2 heterocycles. The van der Waals surface area contributed by atoms with Gasteiger partial charge in [-0.25, -0.2) is 4.98 Å². The largest absolute Gasteiger partial charge is 0.507 e. The quantitative estimate of drug-likeness (QED) is 0.397. The molecule has 0 atom stereocenters. The molecule has 1 aliphatic heterocycles. The van der Waals surface area contributed by atoms with Crippen LogP contribution in [0.5, 0.6) is 5.75 Å². The fourth-order valence-corrected chi connectivity index (χ4v) is 4.88. The molecule has 0 bridgehead atoms. The molecule has 1 aliphatic rings. The summed E-state index contributed by atoms with van der Waals surface area (Å²) in [6.45, 7) is 8.33. The molecule has 0 spiro atoms. The van der Waals surface area contributed by atoms with Gasteiger partial charge in [-0.2, -0.15) is 5.26 Å². The summed E-state index contributed by atoms with van der Waals surface area (Å²) in [7, 11) is 0. The number of aromatic hydroxyl groups is 1. The molecule has 1 saturated heterocycles. The number of aromatic nitrogens is 1. The van der Waals surface area contributed by atoms with Crippen LogP contribution in [0.4, 0.5) is 11.5 Å². The number of nitrogens with zero attached hydrogens (tertiary/aromatic N) is 4. The van der Waals surface area contributed by atoms with Crippen molar-refractivity contribution in [2.75, 3.05) is 42.9 Å². The molecule has 0 aliphatic carbocycles. The van der Waals surface area contributed by atoms with E-state index in [0.717, 1.165) is 25.2 Å². The van der Waals surface area contributed by atoms with Gasteiger partial charge in [0.25, 0.3) is 0 Å². The predicted octanol–water partition coefficient (Wildman–Crippen LogP) is 5.65. The molecule has 1 amide bonds. The lowest BCUT2D eigenvalue weighted by Crippen LogP contribution is -2.32. The van der Waals surface area contributed by atoms with Crippen LogP contribution in [0, 0.1) is 11.3 Å². The van der Waals surface area contributed by atoms with E-state index in [1.807, 2.05) is 61.2 Å². The molecule has 37 heavy (non-hydrogen) atoms. The van der Waals surface area contributed by atoms with Gasteiger partial charge in [0.15, 0.2) is 0 Å². The number of piperidine rings is 1. The molecule has 4 rings (SSSR count). The highest BCUT2D eigenvalue weighted by atomic mass is 16.3. The van der Waals surface area contributed by atoms with E-state index < -0.39 is 0 Å². The summed E-state index contributed by atoms with van der Waals surface area (Å²) in [4.78, 5) is 21.9. The smallest absolute Gasteiger partial charge is 0.225 e. The number of nitriles is 1. The SMILES string of the molecule is CCN(CC)c1nc(-c2ccccc2O)cc(-c2cccc(NC(=O)CCN3CCCCC3)c2)c1C#N. The molecule has 0 saturated carbocycles. The number of amides is 1. The van der Waals surface area contributed by atoms with Crippen molar-refractivity contribution in [1.29, 1.82) is 5.26 Å². The van der Waals surface area contributed by atoms with Crippen molar-refractivity contribution in [2.45, 2.75) is 39.5 Å². The predicted molar refractivity (Wildman–Crippen MR) is 149 cm³/mol. The third-order valence-electron chi connectivity index (χ3n) is 6.92. The zero-order chi connectivity index (χ0) is 26.2. The third kappa shape index (κ3) is 6.28. The van der Waals surface area contributed by atoms with Crippen LogP contribution in [0.15, 0.2) is 54.6 Å². The number of carbonyl (C=O) groups is 1. The number of likely N-dealkylation sites (tertiary alicyclic amines) is 1. The minimum absolute atomic E-state index is 0.0170. The molecule has 2 N–H and O–H groups in total. The van der Waals surface area contributed by atoms with Gasteiger partial charge in [-0.1, -0.05) is 30.7 Å². The van der Waals surface area contributed by atoms with Crippen LogP contribution in [0.3, 0.4) is 0 Å². The molecule has 0 radical (unpaired) electrons. The van der Waals surface area contributed by atoms with Crippen LogP contribution < -0.4 is 10.2 Å². The molecule has 192 valence electrons. The Balaban J connectivity index is 1.68. The van der Waals surface area contributed by atoms with Crippen LogP contribution in [0.2, 0.25) is 0 Å². The molecule has 2 aromatic carbocycles. The molecule has 7 heteroatoms. The van der Waals surface area contributed by atoms with Gasteiger partial charge in [0, 0.05) is 42.9 Å². The number of phenolic OH excluding ortho intramolecular Hbond substituents is 1. The summed E-state index contributed by atoms with van der Waals surface area (Å²) < 4.78 is 0. The van der Waals surface area contributed by atoms with Gasteiger partial charge in [-0.05, 0) is 75.7 Å². The van der Waals surface area contributed by atoms with Crippen LogP contribution in [-0.2, 0) is 4.79 Å². The number of hydrogen-bond donors (Lipinski definition) is 2. The van der Waals surface area contributed by atoms with E-state index >= 15 is 0 Å². The monoisotopic (exact) mass is 497 g/mol. The first-order valence-electron chi connectivity index (χ1n) is 13.1. The number of carbonyl (C=O) groups excluding carboxylic acids is 1. The number of pyridine rings is 1. The first-order valence-corrected chi connectivity index (χ1v) is 13.1. The summed E-state index contributed by atoms with van der Waals surface area (Å²) >= 11 is 0. The average Bonchev–Trinajstić information content (AvgIpc) is 2.93. The lowest BCUT2D eigenvalue weighted by molar-refractivity contribution is -0.116. The Morgan fingerprint density at radius 1 is 1.05 bits per heavy atom. The maximum absolute atomic E-state index is 12.7. The van der Waals surface area contributed by atoms with Crippen LogP contribution in [0.1, 0.15) is 45.1 Å². The Morgan fingerprint density at radius 2 is 1.81 bits per heavy atom. The molecule has 0 unspecified atom stereocenters. The Labute approximate surface area is 219 Å². The second-order valence-corrected chi connectivity index (χ2v) is 9.34. The van der Waals surface area contributed by atoms with Crippen molar-refractivity contribution < 1.29 is 9.90 Å². The van der Waals surface area contributed by atoms with Crippen LogP contribution in [0.25, 0.3) is 22.4 Å². The number of hydrogen-bond acceptors (Lipinski definition) is 6. The van der Waals surface area contributed by atoms with Crippen molar-refractivity contribution in [3.63, 3.8) is 0 Å². The lowest BCUT2D eigenvalue weighted by atomic mass is 9.97. The number of anilines is 2. The average molecular weight is 498 g/mol. The van der Waals surface area contributed by atoms with Gasteiger partial charge >= 0.3 is 0 Å². The van der Waals surface area contributed by atoms with Crippen molar-refractivity contribution in [1.82, 2.24) is 9.88 Å². The van der Waals surface area contributed by atoms with Gasteiger partial charge < -0.3 is 20.2 Å².